The number of alkyl halides is 1. The molecule has 0 saturated heterocycles. The van der Waals surface area contributed by atoms with Crippen molar-refractivity contribution in [2.45, 2.75) is 10.5 Å². The topological polar surface area (TPSA) is 9.23 Å². The lowest BCUT2D eigenvalue weighted by Gasteiger charge is -2.21. The molecule has 0 N–H and O–H groups in total. The molecule has 0 amide bonds. The molecule has 1 aromatic carbocycles. The van der Waals surface area contributed by atoms with Crippen LogP contribution in [0, 0.1) is 0 Å². The predicted molar refractivity (Wildman–Crippen MR) is 52.9 cm³/mol. The average Bonchev–Trinajstić information content (AvgIpc) is 2.06. The van der Waals surface area contributed by atoms with E-state index >= 15 is 0 Å². The number of benzene rings is 1. The van der Waals surface area contributed by atoms with Crippen molar-refractivity contribution in [3.63, 3.8) is 0 Å². The Balaban J connectivity index is 2.44. The van der Waals surface area contributed by atoms with Gasteiger partial charge in [-0.3, -0.25) is 0 Å². The van der Waals surface area contributed by atoms with Gasteiger partial charge in [-0.2, -0.15) is 0 Å². The van der Waals surface area contributed by atoms with Crippen molar-refractivity contribution in [3.05, 3.63) is 35.4 Å². The molecule has 0 bridgehead atoms. The molecule has 0 aromatic heterocycles. The van der Waals surface area contributed by atoms with Crippen molar-refractivity contribution in [1.82, 2.24) is 0 Å². The highest BCUT2D eigenvalue weighted by Crippen LogP contribution is 2.31. The lowest BCUT2D eigenvalue weighted by molar-refractivity contribution is 0.114. The Kier molecular flexibility index (Phi) is 2.13. The molecular formula is C9H9IO. The van der Waals surface area contributed by atoms with Crippen LogP contribution in [0.2, 0.25) is 0 Å². The van der Waals surface area contributed by atoms with Crippen LogP contribution in [0.15, 0.2) is 24.3 Å². The van der Waals surface area contributed by atoms with E-state index < -0.39 is 0 Å². The van der Waals surface area contributed by atoms with Gasteiger partial charge in [-0.05, 0) is 40.1 Å². The first-order chi connectivity index (χ1) is 5.38. The summed E-state index contributed by atoms with van der Waals surface area (Å²) < 4.78 is 5.75. The highest BCUT2D eigenvalue weighted by Gasteiger charge is 2.16. The molecule has 2 heteroatoms. The molecule has 0 saturated carbocycles. The minimum Gasteiger partial charge on any atom is -0.363 e. The molecule has 1 atom stereocenters. The van der Waals surface area contributed by atoms with E-state index in [-0.39, 0.29) is 4.11 Å². The van der Waals surface area contributed by atoms with Crippen molar-refractivity contribution in [3.8, 4) is 0 Å². The van der Waals surface area contributed by atoms with Gasteiger partial charge in [0.15, 0.2) is 0 Å². The number of halogens is 1. The van der Waals surface area contributed by atoms with Crippen LogP contribution < -0.4 is 0 Å². The Morgan fingerprint density at radius 3 is 3.00 bits per heavy atom. The van der Waals surface area contributed by atoms with Gasteiger partial charge < -0.3 is 4.74 Å². The summed E-state index contributed by atoms with van der Waals surface area (Å²) in [5.74, 6) is 0. The minimum absolute atomic E-state index is 0.262. The van der Waals surface area contributed by atoms with E-state index in [9.17, 15) is 0 Å². The maximum Gasteiger partial charge on any atom is 0.134 e. The predicted octanol–water partition coefficient (Wildman–Crippen LogP) is 2.69. The molecule has 11 heavy (non-hydrogen) atoms. The second-order valence-electron chi connectivity index (χ2n) is 2.64. The molecule has 1 aromatic rings. The maximum atomic E-state index is 5.49. The van der Waals surface area contributed by atoms with E-state index in [1.807, 2.05) is 0 Å². The summed E-state index contributed by atoms with van der Waals surface area (Å²) in [6, 6.07) is 8.49. The third kappa shape index (κ3) is 1.42. The quantitative estimate of drug-likeness (QED) is 0.514. The second kappa shape index (κ2) is 3.11. The van der Waals surface area contributed by atoms with Crippen LogP contribution in [0.4, 0.5) is 0 Å². The highest BCUT2D eigenvalue weighted by atomic mass is 127. The number of ether oxygens (including phenoxy) is 1. The van der Waals surface area contributed by atoms with Crippen LogP contribution in [0.25, 0.3) is 0 Å². The summed E-state index contributed by atoms with van der Waals surface area (Å²) in [4.78, 5) is 0. The molecule has 1 aliphatic heterocycles. The Bertz CT molecular complexity index is 259. The molecule has 0 spiro atoms. The molecule has 1 unspecified atom stereocenters. The largest absolute Gasteiger partial charge is 0.363 e. The zero-order valence-electron chi connectivity index (χ0n) is 6.09. The molecule has 0 radical (unpaired) electrons. The van der Waals surface area contributed by atoms with E-state index in [1.165, 1.54) is 11.1 Å². The fraction of sp³-hybridized carbons (Fsp3) is 0.333. The van der Waals surface area contributed by atoms with Crippen LogP contribution in [-0.4, -0.2) is 6.61 Å². The summed E-state index contributed by atoms with van der Waals surface area (Å²) in [7, 11) is 0. The fourth-order valence-corrected chi connectivity index (χ4v) is 2.21. The Hall–Kier alpha value is -0.0900. The van der Waals surface area contributed by atoms with Gasteiger partial charge in [-0.25, -0.2) is 0 Å². The van der Waals surface area contributed by atoms with Crippen LogP contribution in [0.3, 0.4) is 0 Å². The van der Waals surface area contributed by atoms with Gasteiger partial charge in [0.05, 0.1) is 6.61 Å². The summed E-state index contributed by atoms with van der Waals surface area (Å²) in [5.41, 5.74) is 2.79. The molecule has 0 fully saturated rings. The summed E-state index contributed by atoms with van der Waals surface area (Å²) in [6.45, 7) is 0.866. The molecule has 2 rings (SSSR count). The highest BCUT2D eigenvalue weighted by molar-refractivity contribution is 14.1. The SMILES string of the molecule is IC1OCCc2ccccc21. The third-order valence-corrected chi connectivity index (χ3v) is 2.97. The van der Waals surface area contributed by atoms with E-state index in [1.54, 1.807) is 0 Å². The first-order valence-electron chi connectivity index (χ1n) is 3.71. The smallest absolute Gasteiger partial charge is 0.134 e. The van der Waals surface area contributed by atoms with Crippen molar-refractivity contribution < 1.29 is 4.74 Å². The van der Waals surface area contributed by atoms with Crippen LogP contribution >= 0.6 is 22.6 Å². The second-order valence-corrected chi connectivity index (χ2v) is 3.77. The molecule has 1 aliphatic rings. The van der Waals surface area contributed by atoms with E-state index in [0.29, 0.717) is 0 Å². The monoisotopic (exact) mass is 260 g/mol. The van der Waals surface area contributed by atoms with Gasteiger partial charge >= 0.3 is 0 Å². The molecule has 58 valence electrons. The van der Waals surface area contributed by atoms with Crippen molar-refractivity contribution in [2.24, 2.45) is 0 Å². The Morgan fingerprint density at radius 1 is 1.36 bits per heavy atom. The lowest BCUT2D eigenvalue weighted by atomic mass is 10.0. The minimum atomic E-state index is 0.262. The molecule has 1 heterocycles. The van der Waals surface area contributed by atoms with Gasteiger partial charge in [0.1, 0.15) is 4.11 Å². The molecule has 0 aliphatic carbocycles. The standard InChI is InChI=1S/C9H9IO/c10-9-8-4-2-1-3-7(8)5-6-11-9/h1-4,9H,5-6H2. The average molecular weight is 260 g/mol. The summed E-state index contributed by atoms with van der Waals surface area (Å²) in [6.07, 6.45) is 1.07. The van der Waals surface area contributed by atoms with Crippen molar-refractivity contribution >= 4 is 22.6 Å². The van der Waals surface area contributed by atoms with Gasteiger partial charge in [-0.15, -0.1) is 0 Å². The number of fused-ring (bicyclic) bond motifs is 1. The lowest BCUT2D eigenvalue weighted by Crippen LogP contribution is -2.11. The van der Waals surface area contributed by atoms with Crippen LogP contribution in [-0.2, 0) is 11.2 Å². The van der Waals surface area contributed by atoms with Crippen LogP contribution in [0.1, 0.15) is 15.2 Å². The Labute approximate surface area is 79.9 Å². The van der Waals surface area contributed by atoms with Crippen molar-refractivity contribution in [1.29, 1.82) is 0 Å². The number of hydrogen-bond acceptors (Lipinski definition) is 1. The fourth-order valence-electron chi connectivity index (χ4n) is 1.35. The van der Waals surface area contributed by atoms with Gasteiger partial charge in [-0.1, -0.05) is 24.3 Å². The third-order valence-electron chi connectivity index (χ3n) is 1.94. The zero-order valence-corrected chi connectivity index (χ0v) is 8.24. The van der Waals surface area contributed by atoms with Crippen LogP contribution in [0.5, 0.6) is 0 Å². The normalized spacial score (nSPS) is 22.8. The summed E-state index contributed by atoms with van der Waals surface area (Å²) in [5, 5.41) is 0. The maximum absolute atomic E-state index is 5.49. The van der Waals surface area contributed by atoms with E-state index in [0.717, 1.165) is 13.0 Å². The van der Waals surface area contributed by atoms with Gasteiger partial charge in [0.25, 0.3) is 0 Å². The zero-order chi connectivity index (χ0) is 7.68. The van der Waals surface area contributed by atoms with E-state index in [2.05, 4.69) is 46.9 Å². The van der Waals surface area contributed by atoms with Crippen molar-refractivity contribution in [2.75, 3.05) is 6.61 Å². The molecule has 1 nitrogen and oxygen atoms in total. The van der Waals surface area contributed by atoms with Gasteiger partial charge in [0, 0.05) is 0 Å². The van der Waals surface area contributed by atoms with E-state index in [4.69, 9.17) is 4.74 Å². The number of hydrogen-bond donors (Lipinski definition) is 0. The first kappa shape index (κ1) is 7.55. The summed E-state index contributed by atoms with van der Waals surface area (Å²) >= 11 is 2.33. The number of rotatable bonds is 0. The Morgan fingerprint density at radius 2 is 2.18 bits per heavy atom. The molecular weight excluding hydrogens is 251 g/mol. The van der Waals surface area contributed by atoms with Gasteiger partial charge in [0.2, 0.25) is 0 Å². The first-order valence-corrected chi connectivity index (χ1v) is 4.96.